The summed E-state index contributed by atoms with van der Waals surface area (Å²) in [7, 11) is 7.76. The van der Waals surface area contributed by atoms with E-state index in [2.05, 4.69) is 30.4 Å². The molecule has 0 saturated heterocycles. The number of hydrogen-bond donors (Lipinski definition) is 1. The molecular weight excluding hydrogens is 231 g/mol. The maximum atomic E-state index is 5.91. The Kier molecular flexibility index (Phi) is 4.33. The van der Waals surface area contributed by atoms with Crippen LogP contribution in [0.1, 0.15) is 50.2 Å². The maximum absolute atomic E-state index is 5.91. The van der Waals surface area contributed by atoms with Gasteiger partial charge in [0.05, 0.1) is 5.71 Å². The van der Waals surface area contributed by atoms with Gasteiger partial charge < -0.3 is 5.43 Å². The van der Waals surface area contributed by atoms with Crippen LogP contribution in [-0.4, -0.2) is 20.6 Å². The summed E-state index contributed by atoms with van der Waals surface area (Å²) in [4.78, 5) is 0. The minimum Gasteiger partial charge on any atom is -0.313 e. The van der Waals surface area contributed by atoms with E-state index in [1.165, 1.54) is 36.8 Å². The third-order valence-corrected chi connectivity index (χ3v) is 4.42. The van der Waals surface area contributed by atoms with Crippen molar-refractivity contribution in [1.29, 1.82) is 0 Å². The highest BCUT2D eigenvalue weighted by Crippen LogP contribution is 2.52. The molecule has 1 aromatic rings. The third kappa shape index (κ3) is 3.40. The standard InChI is InChI=1S/C16H23BN2/c1-4-16(9-10-16)8-7-15(19-18-3)14-11-13(17)6-5-12(14)2/h5-6,11,18H,4,7-10H2,1-3H3/b19-15-. The van der Waals surface area contributed by atoms with Crippen LogP contribution in [0.15, 0.2) is 23.3 Å². The van der Waals surface area contributed by atoms with Crippen molar-refractivity contribution in [1.82, 2.24) is 5.43 Å². The summed E-state index contributed by atoms with van der Waals surface area (Å²) in [6.07, 6.45) is 6.31. The van der Waals surface area contributed by atoms with Crippen molar-refractivity contribution in [2.45, 2.75) is 46.0 Å². The number of hydrogen-bond acceptors (Lipinski definition) is 2. The lowest BCUT2D eigenvalue weighted by Gasteiger charge is -2.15. The third-order valence-electron chi connectivity index (χ3n) is 4.42. The van der Waals surface area contributed by atoms with E-state index in [9.17, 15) is 0 Å². The second kappa shape index (κ2) is 5.81. The second-order valence-corrected chi connectivity index (χ2v) is 5.71. The molecule has 19 heavy (non-hydrogen) atoms. The van der Waals surface area contributed by atoms with E-state index in [0.717, 1.165) is 17.6 Å². The first-order valence-electron chi connectivity index (χ1n) is 7.20. The molecule has 1 aliphatic rings. The molecule has 2 rings (SSSR count). The van der Waals surface area contributed by atoms with Crippen LogP contribution in [0.4, 0.5) is 0 Å². The average Bonchev–Trinajstić information content (AvgIpc) is 3.18. The van der Waals surface area contributed by atoms with E-state index >= 15 is 0 Å². The highest BCUT2D eigenvalue weighted by Gasteiger charge is 2.40. The Bertz CT molecular complexity index is 476. The molecule has 0 unspecified atom stereocenters. The van der Waals surface area contributed by atoms with Crippen LogP contribution >= 0.6 is 0 Å². The molecule has 3 heteroatoms. The summed E-state index contributed by atoms with van der Waals surface area (Å²) in [6.45, 7) is 4.42. The predicted octanol–water partition coefficient (Wildman–Crippen LogP) is 2.68. The van der Waals surface area contributed by atoms with Gasteiger partial charge in [0, 0.05) is 12.6 Å². The van der Waals surface area contributed by atoms with Gasteiger partial charge in [-0.3, -0.25) is 0 Å². The Morgan fingerprint density at radius 3 is 2.74 bits per heavy atom. The van der Waals surface area contributed by atoms with Gasteiger partial charge in [0.25, 0.3) is 0 Å². The summed E-state index contributed by atoms with van der Waals surface area (Å²) in [5.41, 5.74) is 7.89. The molecular formula is C16H23BN2. The van der Waals surface area contributed by atoms with Gasteiger partial charge in [0.1, 0.15) is 7.85 Å². The molecule has 1 aliphatic carbocycles. The van der Waals surface area contributed by atoms with Crippen LogP contribution in [0.5, 0.6) is 0 Å². The zero-order valence-corrected chi connectivity index (χ0v) is 12.3. The van der Waals surface area contributed by atoms with E-state index in [0.29, 0.717) is 5.41 Å². The lowest BCUT2D eigenvalue weighted by Crippen LogP contribution is -2.14. The zero-order chi connectivity index (χ0) is 13.9. The summed E-state index contributed by atoms with van der Waals surface area (Å²) >= 11 is 0. The van der Waals surface area contributed by atoms with E-state index in [1.54, 1.807) is 0 Å². The van der Waals surface area contributed by atoms with Gasteiger partial charge in [-0.15, -0.1) is 0 Å². The first-order chi connectivity index (χ1) is 9.10. The Labute approximate surface area is 118 Å². The van der Waals surface area contributed by atoms with Crippen molar-refractivity contribution in [3.05, 3.63) is 29.3 Å². The maximum Gasteiger partial charge on any atom is 0.113 e. The van der Waals surface area contributed by atoms with Crippen LogP contribution < -0.4 is 10.9 Å². The molecule has 100 valence electrons. The van der Waals surface area contributed by atoms with E-state index in [4.69, 9.17) is 7.85 Å². The van der Waals surface area contributed by atoms with Gasteiger partial charge in [-0.1, -0.05) is 37.0 Å². The predicted molar refractivity (Wildman–Crippen MR) is 83.4 cm³/mol. The van der Waals surface area contributed by atoms with Crippen LogP contribution in [0.2, 0.25) is 0 Å². The van der Waals surface area contributed by atoms with Gasteiger partial charge in [-0.2, -0.15) is 5.10 Å². The highest BCUT2D eigenvalue weighted by molar-refractivity contribution is 6.32. The Balaban J connectivity index is 2.16. The van der Waals surface area contributed by atoms with Gasteiger partial charge in [-0.05, 0) is 43.6 Å². The number of benzene rings is 1. The first kappa shape index (κ1) is 14.2. The molecule has 2 nitrogen and oxygen atoms in total. The van der Waals surface area contributed by atoms with Crippen molar-refractivity contribution in [3.8, 4) is 0 Å². The molecule has 0 bridgehead atoms. The molecule has 0 atom stereocenters. The van der Waals surface area contributed by atoms with Crippen molar-refractivity contribution in [2.24, 2.45) is 10.5 Å². The first-order valence-corrected chi connectivity index (χ1v) is 7.20. The summed E-state index contributed by atoms with van der Waals surface area (Å²) in [6, 6.07) is 6.06. The van der Waals surface area contributed by atoms with E-state index in [1.807, 2.05) is 19.2 Å². The fourth-order valence-electron chi connectivity index (χ4n) is 2.68. The van der Waals surface area contributed by atoms with Crippen LogP contribution in [0.25, 0.3) is 0 Å². The molecule has 1 fully saturated rings. The Morgan fingerprint density at radius 2 is 2.16 bits per heavy atom. The van der Waals surface area contributed by atoms with E-state index in [-0.39, 0.29) is 0 Å². The highest BCUT2D eigenvalue weighted by atomic mass is 15.3. The van der Waals surface area contributed by atoms with Crippen LogP contribution in [-0.2, 0) is 0 Å². The molecule has 0 heterocycles. The number of nitrogens with one attached hydrogen (secondary N) is 1. The van der Waals surface area contributed by atoms with Gasteiger partial charge >= 0.3 is 0 Å². The minimum absolute atomic E-state index is 0.600. The smallest absolute Gasteiger partial charge is 0.113 e. The molecule has 1 saturated carbocycles. The quantitative estimate of drug-likeness (QED) is 0.471. The lowest BCUT2D eigenvalue weighted by molar-refractivity contribution is 0.459. The van der Waals surface area contributed by atoms with Crippen molar-refractivity contribution in [2.75, 3.05) is 7.05 Å². The second-order valence-electron chi connectivity index (χ2n) is 5.71. The topological polar surface area (TPSA) is 24.4 Å². The summed E-state index contributed by atoms with van der Waals surface area (Å²) in [5, 5.41) is 4.47. The molecule has 0 aliphatic heterocycles. The van der Waals surface area contributed by atoms with Crippen molar-refractivity contribution < 1.29 is 0 Å². The summed E-state index contributed by atoms with van der Waals surface area (Å²) in [5.74, 6) is 0. The van der Waals surface area contributed by atoms with Gasteiger partial charge in [0.15, 0.2) is 0 Å². The molecule has 2 radical (unpaired) electrons. The lowest BCUT2D eigenvalue weighted by atomic mass is 9.88. The van der Waals surface area contributed by atoms with Crippen molar-refractivity contribution in [3.63, 3.8) is 0 Å². The fourth-order valence-corrected chi connectivity index (χ4v) is 2.68. The Morgan fingerprint density at radius 1 is 1.42 bits per heavy atom. The average molecular weight is 254 g/mol. The molecule has 1 N–H and O–H groups in total. The molecule has 0 spiro atoms. The minimum atomic E-state index is 0.600. The molecule has 1 aromatic carbocycles. The van der Waals surface area contributed by atoms with Crippen LogP contribution in [0.3, 0.4) is 0 Å². The molecule has 0 aromatic heterocycles. The van der Waals surface area contributed by atoms with Gasteiger partial charge in [-0.25, -0.2) is 0 Å². The number of hydrazone groups is 1. The summed E-state index contributed by atoms with van der Waals surface area (Å²) < 4.78 is 0. The normalized spacial score (nSPS) is 17.3. The SMILES string of the molecule is [B]c1ccc(C)c(/C(CCC2(CC)CC2)=N\NC)c1. The van der Waals surface area contributed by atoms with Crippen molar-refractivity contribution >= 4 is 19.0 Å². The number of rotatable bonds is 6. The zero-order valence-electron chi connectivity index (χ0n) is 12.3. The Hall–Kier alpha value is -1.25. The monoisotopic (exact) mass is 254 g/mol. The van der Waals surface area contributed by atoms with E-state index < -0.39 is 0 Å². The van der Waals surface area contributed by atoms with Crippen LogP contribution in [0, 0.1) is 12.3 Å². The number of aryl methyl sites for hydroxylation is 1. The fraction of sp³-hybridized carbons (Fsp3) is 0.562. The number of nitrogens with zero attached hydrogens (tertiary/aromatic N) is 1. The molecule has 0 amide bonds. The largest absolute Gasteiger partial charge is 0.313 e. The van der Waals surface area contributed by atoms with Gasteiger partial charge in [0.2, 0.25) is 0 Å².